The lowest BCUT2D eigenvalue weighted by Crippen LogP contribution is -2.05. The molecule has 0 spiro atoms. The van der Waals surface area contributed by atoms with Crippen molar-refractivity contribution in [2.75, 3.05) is 19.0 Å². The molecule has 0 aliphatic rings. The van der Waals surface area contributed by atoms with Crippen LogP contribution in [0.4, 0.5) is 5.82 Å². The third-order valence-electron chi connectivity index (χ3n) is 3.20. The van der Waals surface area contributed by atoms with Crippen molar-refractivity contribution in [1.29, 1.82) is 0 Å². The van der Waals surface area contributed by atoms with Gasteiger partial charge in [-0.25, -0.2) is 14.6 Å². The second-order valence-corrected chi connectivity index (χ2v) is 4.62. The average molecular weight is 283 g/mol. The molecule has 1 N–H and O–H groups in total. The van der Waals surface area contributed by atoms with Gasteiger partial charge >= 0.3 is 0 Å². The molecule has 1 aromatic carbocycles. The van der Waals surface area contributed by atoms with Crippen LogP contribution in [0.5, 0.6) is 5.75 Å². The zero-order valence-corrected chi connectivity index (χ0v) is 12.3. The number of hydrogen-bond donors (Lipinski definition) is 1. The van der Waals surface area contributed by atoms with Crippen LogP contribution in [0.25, 0.3) is 16.7 Å². The van der Waals surface area contributed by atoms with Gasteiger partial charge in [0.05, 0.1) is 18.7 Å². The van der Waals surface area contributed by atoms with E-state index in [1.165, 1.54) is 0 Å². The van der Waals surface area contributed by atoms with Crippen molar-refractivity contribution < 1.29 is 4.74 Å². The summed E-state index contributed by atoms with van der Waals surface area (Å²) < 4.78 is 7.19. The van der Waals surface area contributed by atoms with Gasteiger partial charge in [-0.1, -0.05) is 12.1 Å². The number of benzene rings is 1. The lowest BCUT2D eigenvalue weighted by Gasteiger charge is -2.09. The number of nitrogens with one attached hydrogen (secondary N) is 1. The Morgan fingerprint density at radius 1 is 1.24 bits per heavy atom. The number of methoxy groups -OCH3 is 1. The minimum absolute atomic E-state index is 0.704. The predicted molar refractivity (Wildman–Crippen MR) is 82.1 cm³/mol. The Balaban J connectivity index is 2.25. The minimum Gasteiger partial charge on any atom is -0.494 e. The summed E-state index contributed by atoms with van der Waals surface area (Å²) >= 11 is 0. The largest absolute Gasteiger partial charge is 0.494 e. The second kappa shape index (κ2) is 5.40. The number of ether oxygens (including phenoxy) is 1. The van der Waals surface area contributed by atoms with E-state index in [0.29, 0.717) is 5.82 Å². The quantitative estimate of drug-likeness (QED) is 0.797. The Labute approximate surface area is 122 Å². The molecule has 0 bridgehead atoms. The first kappa shape index (κ1) is 13.4. The Bertz CT molecular complexity index is 781. The number of aromatic nitrogens is 4. The van der Waals surface area contributed by atoms with E-state index in [1.54, 1.807) is 18.0 Å². The van der Waals surface area contributed by atoms with Gasteiger partial charge in [-0.05, 0) is 26.0 Å². The van der Waals surface area contributed by atoms with Crippen molar-refractivity contribution in [1.82, 2.24) is 19.7 Å². The van der Waals surface area contributed by atoms with E-state index in [1.807, 2.05) is 38.1 Å². The van der Waals surface area contributed by atoms with Gasteiger partial charge in [0.25, 0.3) is 0 Å². The number of aryl methyl sites for hydroxylation is 1. The maximum atomic E-state index is 5.41. The maximum Gasteiger partial charge on any atom is 0.168 e. The molecule has 0 atom stereocenters. The number of anilines is 1. The highest BCUT2D eigenvalue weighted by molar-refractivity contribution is 5.87. The van der Waals surface area contributed by atoms with Crippen molar-refractivity contribution in [2.24, 2.45) is 0 Å². The molecule has 0 radical (unpaired) electrons. The Kier molecular flexibility index (Phi) is 3.43. The van der Waals surface area contributed by atoms with Crippen LogP contribution in [-0.4, -0.2) is 33.4 Å². The summed E-state index contributed by atoms with van der Waals surface area (Å²) in [4.78, 5) is 8.96. The van der Waals surface area contributed by atoms with Gasteiger partial charge in [-0.15, -0.1) is 0 Å². The molecule has 0 unspecified atom stereocenters. The molecule has 2 heterocycles. The summed E-state index contributed by atoms with van der Waals surface area (Å²) in [6.07, 6.45) is 1.78. The summed E-state index contributed by atoms with van der Waals surface area (Å²) in [5.41, 5.74) is 1.62. The molecule has 108 valence electrons. The zero-order valence-electron chi connectivity index (χ0n) is 12.3. The van der Waals surface area contributed by atoms with Gasteiger partial charge in [-0.2, -0.15) is 5.10 Å². The molecule has 0 aliphatic carbocycles. The molecule has 3 aromatic rings. The molecule has 21 heavy (non-hydrogen) atoms. The SMILES string of the molecule is CCNc1nc(C)nc2c1cnn2-c1ccccc1OC. The number of hydrogen-bond acceptors (Lipinski definition) is 5. The monoisotopic (exact) mass is 283 g/mol. The second-order valence-electron chi connectivity index (χ2n) is 4.62. The van der Waals surface area contributed by atoms with Crippen molar-refractivity contribution in [2.45, 2.75) is 13.8 Å². The number of para-hydroxylation sites is 2. The molecule has 2 aromatic heterocycles. The lowest BCUT2D eigenvalue weighted by atomic mass is 10.3. The first-order valence-corrected chi connectivity index (χ1v) is 6.84. The van der Waals surface area contributed by atoms with E-state index < -0.39 is 0 Å². The standard InChI is InChI=1S/C15H17N5O/c1-4-16-14-11-9-17-20(15(11)19-10(2)18-14)12-7-5-6-8-13(12)21-3/h5-9H,4H2,1-3H3,(H,16,18,19). The average Bonchev–Trinajstić information content (AvgIpc) is 2.91. The fourth-order valence-electron chi connectivity index (χ4n) is 2.30. The first-order chi connectivity index (χ1) is 10.2. The minimum atomic E-state index is 0.704. The lowest BCUT2D eigenvalue weighted by molar-refractivity contribution is 0.412. The molecule has 0 saturated heterocycles. The van der Waals surface area contributed by atoms with E-state index in [4.69, 9.17) is 4.74 Å². The molecule has 0 amide bonds. The van der Waals surface area contributed by atoms with Crippen molar-refractivity contribution in [3.8, 4) is 11.4 Å². The van der Waals surface area contributed by atoms with Crippen LogP contribution in [-0.2, 0) is 0 Å². The highest BCUT2D eigenvalue weighted by Gasteiger charge is 2.14. The van der Waals surface area contributed by atoms with Crippen molar-refractivity contribution in [3.05, 3.63) is 36.3 Å². The van der Waals surface area contributed by atoms with Gasteiger partial charge in [0.1, 0.15) is 23.1 Å². The number of fused-ring (bicyclic) bond motifs is 1. The normalized spacial score (nSPS) is 10.8. The van der Waals surface area contributed by atoms with Gasteiger partial charge in [0.15, 0.2) is 5.65 Å². The summed E-state index contributed by atoms with van der Waals surface area (Å²) in [5.74, 6) is 2.26. The third-order valence-corrected chi connectivity index (χ3v) is 3.20. The van der Waals surface area contributed by atoms with Crippen LogP contribution < -0.4 is 10.1 Å². The molecular formula is C15H17N5O. The van der Waals surface area contributed by atoms with Crippen LogP contribution in [0, 0.1) is 6.92 Å². The molecule has 0 aliphatic heterocycles. The van der Waals surface area contributed by atoms with Crippen molar-refractivity contribution in [3.63, 3.8) is 0 Å². The Morgan fingerprint density at radius 3 is 2.81 bits per heavy atom. The Hall–Kier alpha value is -2.63. The first-order valence-electron chi connectivity index (χ1n) is 6.84. The van der Waals surface area contributed by atoms with Crippen LogP contribution in [0.15, 0.2) is 30.5 Å². The molecular weight excluding hydrogens is 266 g/mol. The van der Waals surface area contributed by atoms with E-state index in [2.05, 4.69) is 20.4 Å². The molecule has 0 saturated carbocycles. The fraction of sp³-hybridized carbons (Fsp3) is 0.267. The van der Waals surface area contributed by atoms with Gasteiger partial charge in [-0.3, -0.25) is 0 Å². The van der Waals surface area contributed by atoms with Gasteiger partial charge in [0, 0.05) is 6.54 Å². The van der Waals surface area contributed by atoms with Crippen molar-refractivity contribution >= 4 is 16.9 Å². The summed E-state index contributed by atoms with van der Waals surface area (Å²) in [6.45, 7) is 4.71. The van der Waals surface area contributed by atoms with Gasteiger partial charge in [0.2, 0.25) is 0 Å². The summed E-state index contributed by atoms with van der Waals surface area (Å²) in [6, 6.07) is 7.74. The van der Waals surface area contributed by atoms with E-state index >= 15 is 0 Å². The molecule has 6 heteroatoms. The zero-order chi connectivity index (χ0) is 14.8. The Morgan fingerprint density at radius 2 is 2.05 bits per heavy atom. The maximum absolute atomic E-state index is 5.41. The topological polar surface area (TPSA) is 64.9 Å². The summed E-state index contributed by atoms with van der Waals surface area (Å²) in [5, 5.41) is 8.60. The van der Waals surface area contributed by atoms with Crippen LogP contribution in [0.1, 0.15) is 12.7 Å². The number of nitrogens with zero attached hydrogens (tertiary/aromatic N) is 4. The highest BCUT2D eigenvalue weighted by Crippen LogP contribution is 2.27. The van der Waals surface area contributed by atoms with Crippen LogP contribution in [0.2, 0.25) is 0 Å². The van der Waals surface area contributed by atoms with Crippen LogP contribution in [0.3, 0.4) is 0 Å². The number of rotatable bonds is 4. The fourth-order valence-corrected chi connectivity index (χ4v) is 2.30. The molecule has 0 fully saturated rings. The van der Waals surface area contributed by atoms with E-state index in [9.17, 15) is 0 Å². The molecule has 6 nitrogen and oxygen atoms in total. The van der Waals surface area contributed by atoms with E-state index in [-0.39, 0.29) is 0 Å². The van der Waals surface area contributed by atoms with E-state index in [0.717, 1.165) is 34.8 Å². The highest BCUT2D eigenvalue weighted by atomic mass is 16.5. The molecule has 3 rings (SSSR count). The smallest absolute Gasteiger partial charge is 0.168 e. The van der Waals surface area contributed by atoms with Gasteiger partial charge < -0.3 is 10.1 Å². The third kappa shape index (κ3) is 2.29. The predicted octanol–water partition coefficient (Wildman–Crippen LogP) is 2.56. The summed E-state index contributed by atoms with van der Waals surface area (Å²) in [7, 11) is 1.65. The van der Waals surface area contributed by atoms with Crippen LogP contribution >= 0.6 is 0 Å².